The number of rotatable bonds is 5. The summed E-state index contributed by atoms with van der Waals surface area (Å²) in [7, 11) is -3.89. The lowest BCUT2D eigenvalue weighted by Gasteiger charge is -2.06. The molecule has 0 saturated heterocycles. The second-order valence-corrected chi connectivity index (χ2v) is 5.38. The molecule has 0 unspecified atom stereocenters. The van der Waals surface area contributed by atoms with Crippen molar-refractivity contribution in [2.75, 3.05) is 12.4 Å². The highest BCUT2D eigenvalue weighted by atomic mass is 35.5. The highest BCUT2D eigenvalue weighted by Gasteiger charge is 2.04. The molecule has 0 saturated carbocycles. The molecule has 4 nitrogen and oxygen atoms in total. The van der Waals surface area contributed by atoms with E-state index in [1.165, 1.54) is 0 Å². The average Bonchev–Trinajstić information content (AvgIpc) is 2.17. The number of benzene rings is 1. The fraction of sp³-hybridized carbons (Fsp3) is 0.400. The summed E-state index contributed by atoms with van der Waals surface area (Å²) in [6.07, 6.45) is 0.251. The first-order valence-electron chi connectivity index (χ1n) is 4.72. The van der Waals surface area contributed by atoms with Gasteiger partial charge < -0.3 is 4.74 Å². The van der Waals surface area contributed by atoms with Crippen LogP contribution in [0.15, 0.2) is 18.2 Å². The van der Waals surface area contributed by atoms with Crippen LogP contribution in [0.25, 0.3) is 0 Å². The van der Waals surface area contributed by atoms with Crippen LogP contribution in [0, 0.1) is 6.92 Å². The Kier molecular flexibility index (Phi) is 4.58. The van der Waals surface area contributed by atoms with Gasteiger partial charge in [0.25, 0.3) is 10.1 Å². The molecule has 1 N–H and O–H groups in total. The molecule has 1 aromatic carbocycles. The van der Waals surface area contributed by atoms with Crippen molar-refractivity contribution in [1.29, 1.82) is 0 Å². The van der Waals surface area contributed by atoms with Crippen LogP contribution in [0.1, 0.15) is 12.0 Å². The van der Waals surface area contributed by atoms with Crippen molar-refractivity contribution in [3.63, 3.8) is 0 Å². The SMILES string of the molecule is Cc1cc(OCCCS(=O)(=O)O)ccc1Cl. The number of ether oxygens (including phenoxy) is 1. The summed E-state index contributed by atoms with van der Waals surface area (Å²) in [5, 5.41) is 0.658. The molecule has 0 aromatic heterocycles. The topological polar surface area (TPSA) is 63.6 Å². The predicted octanol–water partition coefficient (Wildman–Crippen LogP) is 2.31. The van der Waals surface area contributed by atoms with Crippen molar-refractivity contribution in [1.82, 2.24) is 0 Å². The number of hydrogen-bond donors (Lipinski definition) is 1. The van der Waals surface area contributed by atoms with Gasteiger partial charge in [0.05, 0.1) is 12.4 Å². The Bertz CT molecular complexity index is 456. The maximum absolute atomic E-state index is 10.4. The lowest BCUT2D eigenvalue weighted by molar-refractivity contribution is 0.316. The van der Waals surface area contributed by atoms with Crippen LogP contribution in [0.3, 0.4) is 0 Å². The van der Waals surface area contributed by atoms with Crippen molar-refractivity contribution in [3.8, 4) is 5.75 Å². The molecular formula is C10H13ClO4S. The molecule has 0 spiro atoms. The third-order valence-electron chi connectivity index (χ3n) is 1.94. The summed E-state index contributed by atoms with van der Waals surface area (Å²) in [6.45, 7) is 2.09. The fourth-order valence-electron chi connectivity index (χ4n) is 1.14. The Balaban J connectivity index is 2.41. The van der Waals surface area contributed by atoms with Crippen LogP contribution >= 0.6 is 11.6 Å². The maximum atomic E-state index is 10.4. The van der Waals surface area contributed by atoms with Gasteiger partial charge in [-0.05, 0) is 37.1 Å². The third-order valence-corrected chi connectivity index (χ3v) is 3.17. The first kappa shape index (κ1) is 13.3. The zero-order chi connectivity index (χ0) is 12.2. The zero-order valence-corrected chi connectivity index (χ0v) is 10.4. The smallest absolute Gasteiger partial charge is 0.264 e. The van der Waals surface area contributed by atoms with E-state index >= 15 is 0 Å². The molecule has 0 atom stereocenters. The Labute approximate surface area is 99.9 Å². The lowest BCUT2D eigenvalue weighted by atomic mass is 10.2. The van der Waals surface area contributed by atoms with E-state index in [2.05, 4.69) is 0 Å². The van der Waals surface area contributed by atoms with E-state index in [1.807, 2.05) is 6.92 Å². The van der Waals surface area contributed by atoms with Crippen LogP contribution in [-0.4, -0.2) is 25.3 Å². The Morgan fingerprint density at radius 2 is 2.12 bits per heavy atom. The fourth-order valence-corrected chi connectivity index (χ4v) is 1.74. The Morgan fingerprint density at radius 1 is 1.44 bits per heavy atom. The van der Waals surface area contributed by atoms with Gasteiger partial charge >= 0.3 is 0 Å². The van der Waals surface area contributed by atoms with Crippen molar-refractivity contribution >= 4 is 21.7 Å². The van der Waals surface area contributed by atoms with Gasteiger partial charge in [-0.3, -0.25) is 4.55 Å². The van der Waals surface area contributed by atoms with Crippen molar-refractivity contribution < 1.29 is 17.7 Å². The summed E-state index contributed by atoms with van der Waals surface area (Å²) in [5.41, 5.74) is 0.897. The minimum Gasteiger partial charge on any atom is -0.494 e. The summed E-state index contributed by atoms with van der Waals surface area (Å²) in [4.78, 5) is 0. The van der Waals surface area contributed by atoms with E-state index in [0.717, 1.165) is 5.56 Å². The summed E-state index contributed by atoms with van der Waals surface area (Å²) in [6, 6.07) is 5.20. The molecule has 0 amide bonds. The summed E-state index contributed by atoms with van der Waals surface area (Å²) < 4.78 is 34.6. The van der Waals surface area contributed by atoms with Gasteiger partial charge in [0.1, 0.15) is 5.75 Å². The standard InChI is InChI=1S/C10H13ClO4S/c1-8-7-9(3-4-10(8)11)15-5-2-6-16(12,13)14/h3-4,7H,2,5-6H2,1H3,(H,12,13,14). The second kappa shape index (κ2) is 5.52. The van der Waals surface area contributed by atoms with Crippen LogP contribution in [0.5, 0.6) is 5.75 Å². The molecule has 0 heterocycles. The van der Waals surface area contributed by atoms with Crippen LogP contribution in [0.2, 0.25) is 5.02 Å². The van der Waals surface area contributed by atoms with E-state index in [0.29, 0.717) is 10.8 Å². The van der Waals surface area contributed by atoms with Crippen LogP contribution < -0.4 is 4.74 Å². The van der Waals surface area contributed by atoms with Crippen molar-refractivity contribution in [2.45, 2.75) is 13.3 Å². The summed E-state index contributed by atoms with van der Waals surface area (Å²) in [5.74, 6) is 0.344. The Morgan fingerprint density at radius 3 is 2.69 bits per heavy atom. The molecule has 16 heavy (non-hydrogen) atoms. The Hall–Kier alpha value is -0.780. The third kappa shape index (κ3) is 4.83. The highest BCUT2D eigenvalue weighted by molar-refractivity contribution is 7.85. The zero-order valence-electron chi connectivity index (χ0n) is 8.81. The van der Waals surface area contributed by atoms with E-state index in [-0.39, 0.29) is 18.8 Å². The largest absolute Gasteiger partial charge is 0.494 e. The summed E-state index contributed by atoms with van der Waals surface area (Å²) >= 11 is 5.83. The minimum atomic E-state index is -3.89. The minimum absolute atomic E-state index is 0.237. The van der Waals surface area contributed by atoms with Gasteiger partial charge in [-0.15, -0.1) is 0 Å². The lowest BCUT2D eigenvalue weighted by Crippen LogP contribution is -2.08. The number of aryl methyl sites for hydroxylation is 1. The molecule has 1 rings (SSSR count). The quantitative estimate of drug-likeness (QED) is 0.655. The molecule has 6 heteroatoms. The van der Waals surface area contributed by atoms with Gasteiger partial charge in [0, 0.05) is 5.02 Å². The molecule has 0 bridgehead atoms. The van der Waals surface area contributed by atoms with Gasteiger partial charge in [-0.1, -0.05) is 11.6 Å². The molecule has 0 aliphatic carbocycles. The van der Waals surface area contributed by atoms with Crippen LogP contribution in [0.4, 0.5) is 0 Å². The van der Waals surface area contributed by atoms with Gasteiger partial charge in [0.2, 0.25) is 0 Å². The van der Waals surface area contributed by atoms with Gasteiger partial charge in [-0.2, -0.15) is 8.42 Å². The monoisotopic (exact) mass is 264 g/mol. The van der Waals surface area contributed by atoms with E-state index in [9.17, 15) is 8.42 Å². The van der Waals surface area contributed by atoms with E-state index in [1.54, 1.807) is 18.2 Å². The van der Waals surface area contributed by atoms with Crippen LogP contribution in [-0.2, 0) is 10.1 Å². The first-order valence-corrected chi connectivity index (χ1v) is 6.71. The molecule has 0 aliphatic rings. The molecule has 0 fully saturated rings. The number of halogens is 1. The van der Waals surface area contributed by atoms with Crippen molar-refractivity contribution in [2.24, 2.45) is 0 Å². The average molecular weight is 265 g/mol. The molecule has 90 valence electrons. The maximum Gasteiger partial charge on any atom is 0.264 e. The van der Waals surface area contributed by atoms with E-state index in [4.69, 9.17) is 20.9 Å². The van der Waals surface area contributed by atoms with Gasteiger partial charge in [0.15, 0.2) is 0 Å². The molecular weight excluding hydrogens is 252 g/mol. The van der Waals surface area contributed by atoms with E-state index < -0.39 is 10.1 Å². The molecule has 0 radical (unpaired) electrons. The number of hydrogen-bond acceptors (Lipinski definition) is 3. The van der Waals surface area contributed by atoms with Gasteiger partial charge in [-0.25, -0.2) is 0 Å². The second-order valence-electron chi connectivity index (χ2n) is 3.40. The first-order chi connectivity index (χ1) is 7.38. The molecule has 1 aromatic rings. The highest BCUT2D eigenvalue weighted by Crippen LogP contribution is 2.20. The normalized spacial score (nSPS) is 11.4. The predicted molar refractivity (Wildman–Crippen MR) is 62.7 cm³/mol. The molecule has 0 aliphatic heterocycles. The van der Waals surface area contributed by atoms with Crippen molar-refractivity contribution in [3.05, 3.63) is 28.8 Å².